The van der Waals surface area contributed by atoms with Crippen LogP contribution < -0.4 is 5.32 Å². The van der Waals surface area contributed by atoms with E-state index >= 15 is 0 Å². The highest BCUT2D eigenvalue weighted by atomic mass is 15.1. The molecule has 0 radical (unpaired) electrons. The molecule has 14 heavy (non-hydrogen) atoms. The molecule has 0 aromatic carbocycles. The summed E-state index contributed by atoms with van der Waals surface area (Å²) in [5.41, 5.74) is 0. The van der Waals surface area contributed by atoms with Crippen LogP contribution in [0.1, 0.15) is 39.5 Å². The first-order chi connectivity index (χ1) is 6.76. The molecule has 0 aromatic heterocycles. The molecular formula is C12H26N2. The summed E-state index contributed by atoms with van der Waals surface area (Å²) in [4.78, 5) is 2.50. The molecular weight excluding hydrogens is 172 g/mol. The lowest BCUT2D eigenvalue weighted by atomic mass is 9.85. The molecule has 1 aliphatic carbocycles. The van der Waals surface area contributed by atoms with E-state index < -0.39 is 0 Å². The van der Waals surface area contributed by atoms with Crippen molar-refractivity contribution in [3.63, 3.8) is 0 Å². The minimum absolute atomic E-state index is 0.685. The molecule has 0 aromatic rings. The highest BCUT2D eigenvalue weighted by Crippen LogP contribution is 2.26. The number of hydrogen-bond donors (Lipinski definition) is 1. The van der Waals surface area contributed by atoms with Crippen molar-refractivity contribution in [2.75, 3.05) is 26.7 Å². The molecule has 1 unspecified atom stereocenters. The normalized spacial score (nSPS) is 19.7. The number of nitrogens with one attached hydrogen (secondary N) is 1. The zero-order valence-corrected chi connectivity index (χ0v) is 10.1. The average Bonchev–Trinajstić information content (AvgIpc) is 2.11. The fourth-order valence-electron chi connectivity index (χ4n) is 2.19. The number of nitrogens with zero attached hydrogens (tertiary/aromatic N) is 1. The summed E-state index contributed by atoms with van der Waals surface area (Å²) in [5, 5.41) is 3.53. The van der Waals surface area contributed by atoms with Gasteiger partial charge < -0.3 is 10.2 Å². The second kappa shape index (κ2) is 6.41. The summed E-state index contributed by atoms with van der Waals surface area (Å²) in [7, 11) is 2.26. The monoisotopic (exact) mass is 198 g/mol. The van der Waals surface area contributed by atoms with Gasteiger partial charge in [-0.25, -0.2) is 0 Å². The topological polar surface area (TPSA) is 15.3 Å². The number of rotatable bonds is 7. The minimum atomic E-state index is 0.685. The third-order valence-corrected chi connectivity index (χ3v) is 3.31. The Balaban J connectivity index is 2.12. The zero-order chi connectivity index (χ0) is 10.4. The van der Waals surface area contributed by atoms with Crippen molar-refractivity contribution < 1.29 is 0 Å². The quantitative estimate of drug-likeness (QED) is 0.674. The molecule has 2 heteroatoms. The van der Waals surface area contributed by atoms with Gasteiger partial charge in [-0.05, 0) is 38.8 Å². The molecule has 1 saturated carbocycles. The zero-order valence-electron chi connectivity index (χ0n) is 10.1. The lowest BCUT2D eigenvalue weighted by Crippen LogP contribution is -2.41. The van der Waals surface area contributed by atoms with Crippen LogP contribution in [0.5, 0.6) is 0 Å². The fraction of sp³-hybridized carbons (Fsp3) is 1.00. The van der Waals surface area contributed by atoms with Gasteiger partial charge in [0.2, 0.25) is 0 Å². The predicted molar refractivity (Wildman–Crippen MR) is 62.6 cm³/mol. The van der Waals surface area contributed by atoms with Crippen LogP contribution in [-0.4, -0.2) is 37.6 Å². The van der Waals surface area contributed by atoms with Crippen LogP contribution in [0.4, 0.5) is 0 Å². The van der Waals surface area contributed by atoms with Crippen LogP contribution in [0.3, 0.4) is 0 Å². The largest absolute Gasteiger partial charge is 0.313 e. The highest BCUT2D eigenvalue weighted by molar-refractivity contribution is 4.75. The molecule has 0 spiro atoms. The van der Waals surface area contributed by atoms with Crippen molar-refractivity contribution in [3.8, 4) is 0 Å². The lowest BCUT2D eigenvalue weighted by molar-refractivity contribution is 0.190. The molecule has 1 fully saturated rings. The van der Waals surface area contributed by atoms with E-state index in [0.29, 0.717) is 6.04 Å². The van der Waals surface area contributed by atoms with Gasteiger partial charge in [0.25, 0.3) is 0 Å². The lowest BCUT2D eigenvalue weighted by Gasteiger charge is -2.32. The first-order valence-electron chi connectivity index (χ1n) is 6.18. The Morgan fingerprint density at radius 3 is 2.50 bits per heavy atom. The predicted octanol–water partition coefficient (Wildman–Crippen LogP) is 2.11. The molecule has 1 rings (SSSR count). The molecule has 0 saturated heterocycles. The van der Waals surface area contributed by atoms with Crippen molar-refractivity contribution >= 4 is 0 Å². The molecule has 84 valence electrons. The van der Waals surface area contributed by atoms with Gasteiger partial charge in [-0.15, -0.1) is 0 Å². The Bertz CT molecular complexity index is 143. The van der Waals surface area contributed by atoms with Crippen molar-refractivity contribution in [2.45, 2.75) is 45.6 Å². The van der Waals surface area contributed by atoms with Gasteiger partial charge in [0, 0.05) is 19.1 Å². The van der Waals surface area contributed by atoms with Crippen LogP contribution in [0.25, 0.3) is 0 Å². The Morgan fingerprint density at radius 1 is 1.36 bits per heavy atom. The van der Waals surface area contributed by atoms with Crippen LogP contribution in [0.2, 0.25) is 0 Å². The Morgan fingerprint density at radius 2 is 2.07 bits per heavy atom. The Labute approximate surface area is 89.1 Å². The summed E-state index contributed by atoms with van der Waals surface area (Å²) < 4.78 is 0. The second-order valence-corrected chi connectivity index (χ2v) is 4.68. The fourth-order valence-corrected chi connectivity index (χ4v) is 2.19. The molecule has 0 aliphatic heterocycles. The first kappa shape index (κ1) is 12.0. The van der Waals surface area contributed by atoms with Crippen LogP contribution in [-0.2, 0) is 0 Å². The summed E-state index contributed by atoms with van der Waals surface area (Å²) in [6.07, 6.45) is 5.62. The van der Waals surface area contributed by atoms with E-state index in [1.165, 1.54) is 38.8 Å². The van der Waals surface area contributed by atoms with Crippen LogP contribution >= 0.6 is 0 Å². The van der Waals surface area contributed by atoms with Gasteiger partial charge in [-0.2, -0.15) is 0 Å². The Kier molecular flexibility index (Phi) is 5.49. The summed E-state index contributed by atoms with van der Waals surface area (Å²) in [6.45, 7) is 8.07. The van der Waals surface area contributed by atoms with E-state index in [1.807, 2.05) is 0 Å². The van der Waals surface area contributed by atoms with E-state index in [4.69, 9.17) is 0 Å². The van der Waals surface area contributed by atoms with Gasteiger partial charge in [0.15, 0.2) is 0 Å². The molecule has 0 bridgehead atoms. The van der Waals surface area contributed by atoms with Gasteiger partial charge >= 0.3 is 0 Å². The SMILES string of the molecule is CCNC(CC)CN(C)CC1CCC1. The van der Waals surface area contributed by atoms with E-state index in [2.05, 4.69) is 31.1 Å². The number of hydrogen-bond acceptors (Lipinski definition) is 2. The van der Waals surface area contributed by atoms with E-state index in [1.54, 1.807) is 0 Å². The second-order valence-electron chi connectivity index (χ2n) is 4.68. The van der Waals surface area contributed by atoms with E-state index in [-0.39, 0.29) is 0 Å². The van der Waals surface area contributed by atoms with Gasteiger partial charge in [-0.1, -0.05) is 20.3 Å². The van der Waals surface area contributed by atoms with Crippen molar-refractivity contribution in [1.82, 2.24) is 10.2 Å². The molecule has 0 heterocycles. The maximum absolute atomic E-state index is 3.53. The first-order valence-corrected chi connectivity index (χ1v) is 6.18. The molecule has 1 aliphatic rings. The Hall–Kier alpha value is -0.0800. The van der Waals surface area contributed by atoms with E-state index in [9.17, 15) is 0 Å². The van der Waals surface area contributed by atoms with Gasteiger partial charge in [0.1, 0.15) is 0 Å². The smallest absolute Gasteiger partial charge is 0.0192 e. The summed E-state index contributed by atoms with van der Waals surface area (Å²) in [6, 6.07) is 0.685. The minimum Gasteiger partial charge on any atom is -0.313 e. The standard InChI is InChI=1S/C12H26N2/c1-4-12(13-5-2)10-14(3)9-11-7-6-8-11/h11-13H,4-10H2,1-3H3. The maximum Gasteiger partial charge on any atom is 0.0192 e. The summed E-state index contributed by atoms with van der Waals surface area (Å²) >= 11 is 0. The van der Waals surface area contributed by atoms with Crippen LogP contribution in [0, 0.1) is 5.92 Å². The highest BCUT2D eigenvalue weighted by Gasteiger charge is 2.19. The van der Waals surface area contributed by atoms with Gasteiger partial charge in [0.05, 0.1) is 0 Å². The van der Waals surface area contributed by atoms with Gasteiger partial charge in [-0.3, -0.25) is 0 Å². The molecule has 1 N–H and O–H groups in total. The van der Waals surface area contributed by atoms with Crippen molar-refractivity contribution in [2.24, 2.45) is 5.92 Å². The van der Waals surface area contributed by atoms with Crippen molar-refractivity contribution in [3.05, 3.63) is 0 Å². The molecule has 0 amide bonds. The van der Waals surface area contributed by atoms with Crippen LogP contribution in [0.15, 0.2) is 0 Å². The van der Waals surface area contributed by atoms with E-state index in [0.717, 1.165) is 12.5 Å². The molecule has 2 nitrogen and oxygen atoms in total. The molecule has 1 atom stereocenters. The summed E-state index contributed by atoms with van der Waals surface area (Å²) in [5.74, 6) is 0.999. The third-order valence-electron chi connectivity index (χ3n) is 3.31. The third kappa shape index (κ3) is 3.97. The number of likely N-dealkylation sites (N-methyl/N-ethyl adjacent to an activating group) is 2. The van der Waals surface area contributed by atoms with Crippen molar-refractivity contribution in [1.29, 1.82) is 0 Å². The maximum atomic E-state index is 3.53. The average molecular weight is 198 g/mol.